The molecule has 2 aliphatic heterocycles. The standard InChI is InChI=1S/C17H22N2O4/c1-12(23-10-13-6-3-2-4-7-13)14(15(20)21)19-11-17(16(19)22)8-5-9-18-17/h2-4,6-7,12,14,18H,5,8-11H2,1H3,(H,20,21)/t12-,14+,17-/m1/s1. The molecule has 3 atom stereocenters. The van der Waals surface area contributed by atoms with Crippen LogP contribution in [0.4, 0.5) is 0 Å². The Morgan fingerprint density at radius 3 is 2.74 bits per heavy atom. The summed E-state index contributed by atoms with van der Waals surface area (Å²) >= 11 is 0. The number of nitrogens with one attached hydrogen (secondary N) is 1. The first-order valence-corrected chi connectivity index (χ1v) is 7.98. The monoisotopic (exact) mass is 318 g/mol. The van der Waals surface area contributed by atoms with Gasteiger partial charge < -0.3 is 20.1 Å². The van der Waals surface area contributed by atoms with Crippen LogP contribution >= 0.6 is 0 Å². The Kier molecular flexibility index (Phi) is 4.37. The van der Waals surface area contributed by atoms with Crippen LogP contribution in [0.5, 0.6) is 0 Å². The number of hydrogen-bond donors (Lipinski definition) is 2. The number of carboxylic acids is 1. The lowest BCUT2D eigenvalue weighted by molar-refractivity contribution is -0.172. The number of aliphatic carboxylic acids is 1. The van der Waals surface area contributed by atoms with E-state index in [1.165, 1.54) is 4.90 Å². The van der Waals surface area contributed by atoms with Gasteiger partial charge in [0.2, 0.25) is 5.91 Å². The Hall–Kier alpha value is -1.92. The van der Waals surface area contributed by atoms with Gasteiger partial charge in [-0.25, -0.2) is 4.79 Å². The van der Waals surface area contributed by atoms with Crippen molar-refractivity contribution < 1.29 is 19.4 Å². The summed E-state index contributed by atoms with van der Waals surface area (Å²) in [6, 6.07) is 8.64. The lowest BCUT2D eigenvalue weighted by Gasteiger charge is -2.50. The number of carboxylic acid groups (broad SMARTS) is 1. The van der Waals surface area contributed by atoms with Gasteiger partial charge in [0.1, 0.15) is 5.54 Å². The van der Waals surface area contributed by atoms with Crippen molar-refractivity contribution in [1.29, 1.82) is 0 Å². The number of rotatable bonds is 6. The highest BCUT2D eigenvalue weighted by Gasteiger charge is 2.57. The largest absolute Gasteiger partial charge is 0.480 e. The Bertz CT molecular complexity index is 584. The average molecular weight is 318 g/mol. The Morgan fingerprint density at radius 1 is 1.43 bits per heavy atom. The molecule has 1 amide bonds. The van der Waals surface area contributed by atoms with E-state index in [1.54, 1.807) is 6.92 Å². The lowest BCUT2D eigenvalue weighted by Crippen LogP contribution is -2.75. The topological polar surface area (TPSA) is 78.9 Å². The van der Waals surface area contributed by atoms with Crippen molar-refractivity contribution in [3.05, 3.63) is 35.9 Å². The summed E-state index contributed by atoms with van der Waals surface area (Å²) in [4.78, 5) is 25.5. The number of likely N-dealkylation sites (tertiary alicyclic amines) is 1. The summed E-state index contributed by atoms with van der Waals surface area (Å²) < 4.78 is 5.71. The molecule has 0 bridgehead atoms. The van der Waals surface area contributed by atoms with Gasteiger partial charge in [0.25, 0.3) is 0 Å². The van der Waals surface area contributed by atoms with Crippen molar-refractivity contribution in [2.75, 3.05) is 13.1 Å². The minimum absolute atomic E-state index is 0.113. The second-order valence-electron chi connectivity index (χ2n) is 6.33. The van der Waals surface area contributed by atoms with E-state index in [4.69, 9.17) is 4.74 Å². The molecule has 0 saturated carbocycles. The fourth-order valence-electron chi connectivity index (χ4n) is 3.44. The maximum Gasteiger partial charge on any atom is 0.329 e. The van der Waals surface area contributed by atoms with Gasteiger partial charge in [-0.05, 0) is 31.9 Å². The molecule has 2 N–H and O–H groups in total. The van der Waals surface area contributed by atoms with Crippen LogP contribution in [0.15, 0.2) is 30.3 Å². The number of β-lactam (4-membered cyclic amide) rings is 1. The maximum absolute atomic E-state index is 12.5. The first-order valence-electron chi connectivity index (χ1n) is 7.98. The van der Waals surface area contributed by atoms with Gasteiger partial charge in [-0.1, -0.05) is 30.3 Å². The number of carbonyl (C=O) groups is 2. The predicted molar refractivity (Wildman–Crippen MR) is 83.8 cm³/mol. The van der Waals surface area contributed by atoms with E-state index in [0.717, 1.165) is 24.9 Å². The van der Waals surface area contributed by atoms with Crippen molar-refractivity contribution in [2.45, 2.75) is 44.1 Å². The second kappa shape index (κ2) is 6.29. The van der Waals surface area contributed by atoms with E-state index in [2.05, 4.69) is 5.32 Å². The summed E-state index contributed by atoms with van der Waals surface area (Å²) in [6.45, 7) is 3.30. The molecular weight excluding hydrogens is 296 g/mol. The molecule has 1 aromatic rings. The quantitative estimate of drug-likeness (QED) is 0.765. The molecule has 2 heterocycles. The van der Waals surface area contributed by atoms with Crippen LogP contribution < -0.4 is 5.32 Å². The molecule has 6 nitrogen and oxygen atoms in total. The normalized spacial score (nSPS) is 26.1. The number of amides is 1. The molecule has 0 radical (unpaired) electrons. The van der Waals surface area contributed by atoms with Gasteiger partial charge in [-0.3, -0.25) is 4.79 Å². The zero-order valence-electron chi connectivity index (χ0n) is 13.2. The SMILES string of the molecule is C[C@@H](OCc1ccccc1)[C@@H](C(=O)O)N1C[C@]2(CCCN2)C1=O. The van der Waals surface area contributed by atoms with Crippen LogP contribution in [0, 0.1) is 0 Å². The average Bonchev–Trinajstić information content (AvgIpc) is 3.04. The molecule has 124 valence electrons. The Balaban J connectivity index is 1.63. The summed E-state index contributed by atoms with van der Waals surface area (Å²) in [5.41, 5.74) is 0.458. The molecule has 6 heteroatoms. The third kappa shape index (κ3) is 2.96. The van der Waals surface area contributed by atoms with E-state index in [9.17, 15) is 14.7 Å². The Labute approximate surface area is 135 Å². The molecule has 2 saturated heterocycles. The van der Waals surface area contributed by atoms with Crippen molar-refractivity contribution in [2.24, 2.45) is 0 Å². The van der Waals surface area contributed by atoms with Gasteiger partial charge in [0.15, 0.2) is 6.04 Å². The van der Waals surface area contributed by atoms with Gasteiger partial charge in [-0.15, -0.1) is 0 Å². The minimum Gasteiger partial charge on any atom is -0.480 e. The highest BCUT2D eigenvalue weighted by atomic mass is 16.5. The second-order valence-corrected chi connectivity index (χ2v) is 6.33. The minimum atomic E-state index is -1.02. The van der Waals surface area contributed by atoms with Crippen LogP contribution in [0.3, 0.4) is 0 Å². The van der Waals surface area contributed by atoms with E-state index >= 15 is 0 Å². The van der Waals surface area contributed by atoms with Crippen LogP contribution in [-0.2, 0) is 20.9 Å². The molecule has 1 spiro atoms. The van der Waals surface area contributed by atoms with Crippen molar-refractivity contribution in [3.63, 3.8) is 0 Å². The number of nitrogens with zero attached hydrogens (tertiary/aromatic N) is 1. The molecule has 0 unspecified atom stereocenters. The molecule has 2 fully saturated rings. The van der Waals surface area contributed by atoms with E-state index in [-0.39, 0.29) is 5.91 Å². The van der Waals surface area contributed by atoms with Gasteiger partial charge >= 0.3 is 5.97 Å². The van der Waals surface area contributed by atoms with Gasteiger partial charge in [-0.2, -0.15) is 0 Å². The van der Waals surface area contributed by atoms with Crippen molar-refractivity contribution in [3.8, 4) is 0 Å². The van der Waals surface area contributed by atoms with Gasteiger partial charge in [0.05, 0.1) is 12.7 Å². The number of ether oxygens (including phenoxy) is 1. The highest BCUT2D eigenvalue weighted by Crippen LogP contribution is 2.34. The summed E-state index contributed by atoms with van der Waals surface area (Å²) in [5.74, 6) is -1.13. The van der Waals surface area contributed by atoms with Crippen LogP contribution in [0.25, 0.3) is 0 Å². The molecule has 2 aliphatic rings. The van der Waals surface area contributed by atoms with E-state index in [0.29, 0.717) is 13.2 Å². The van der Waals surface area contributed by atoms with E-state index in [1.807, 2.05) is 30.3 Å². The van der Waals surface area contributed by atoms with Crippen molar-refractivity contribution >= 4 is 11.9 Å². The molecule has 0 aliphatic carbocycles. The number of carbonyl (C=O) groups excluding carboxylic acids is 1. The van der Waals surface area contributed by atoms with E-state index < -0.39 is 23.7 Å². The summed E-state index contributed by atoms with van der Waals surface area (Å²) in [6.07, 6.45) is 1.17. The molecule has 3 rings (SSSR count). The fourth-order valence-corrected chi connectivity index (χ4v) is 3.44. The number of benzene rings is 1. The molecule has 23 heavy (non-hydrogen) atoms. The first-order chi connectivity index (χ1) is 11.0. The molecule has 0 aromatic heterocycles. The zero-order chi connectivity index (χ0) is 16.4. The summed E-state index contributed by atoms with van der Waals surface area (Å²) in [5, 5.41) is 12.7. The van der Waals surface area contributed by atoms with Crippen molar-refractivity contribution in [1.82, 2.24) is 10.2 Å². The molecular formula is C17H22N2O4. The molecule has 1 aromatic carbocycles. The maximum atomic E-state index is 12.5. The van der Waals surface area contributed by atoms with Gasteiger partial charge in [0, 0.05) is 6.54 Å². The van der Waals surface area contributed by atoms with Crippen LogP contribution in [-0.4, -0.2) is 52.7 Å². The van der Waals surface area contributed by atoms with Crippen LogP contribution in [0.2, 0.25) is 0 Å². The first kappa shape index (κ1) is 16.0. The highest BCUT2D eigenvalue weighted by molar-refractivity contribution is 5.96. The fraction of sp³-hybridized carbons (Fsp3) is 0.529. The Morgan fingerprint density at radius 2 is 2.17 bits per heavy atom. The predicted octanol–water partition coefficient (Wildman–Crippen LogP) is 1.01. The smallest absolute Gasteiger partial charge is 0.329 e. The summed E-state index contributed by atoms with van der Waals surface area (Å²) in [7, 11) is 0. The third-order valence-electron chi connectivity index (χ3n) is 4.74. The number of hydrogen-bond acceptors (Lipinski definition) is 4. The lowest BCUT2D eigenvalue weighted by atomic mass is 9.85. The third-order valence-corrected chi connectivity index (χ3v) is 4.74. The zero-order valence-corrected chi connectivity index (χ0v) is 13.2. The van der Waals surface area contributed by atoms with Crippen LogP contribution in [0.1, 0.15) is 25.3 Å².